The minimum Gasteiger partial charge on any atom is -0.375 e. The summed E-state index contributed by atoms with van der Waals surface area (Å²) in [4.78, 5) is 14.2. The van der Waals surface area contributed by atoms with Crippen LogP contribution in [0.25, 0.3) is 0 Å². The molecule has 0 spiro atoms. The van der Waals surface area contributed by atoms with Crippen LogP contribution in [0.2, 0.25) is 0 Å². The fourth-order valence-electron chi connectivity index (χ4n) is 2.02. The fraction of sp³-hybridized carbons (Fsp3) is 0.923. The summed E-state index contributed by atoms with van der Waals surface area (Å²) < 4.78 is 5.46. The number of likely N-dealkylation sites (N-methyl/N-ethyl adjacent to an activating group) is 1. The zero-order valence-corrected chi connectivity index (χ0v) is 12.0. The molecule has 1 rings (SSSR count). The first-order valence-electron chi connectivity index (χ1n) is 6.89. The van der Waals surface area contributed by atoms with Gasteiger partial charge in [-0.3, -0.25) is 4.79 Å². The van der Waals surface area contributed by atoms with Crippen molar-refractivity contribution >= 4 is 5.91 Å². The topological polar surface area (TPSA) is 53.6 Å². The largest absolute Gasteiger partial charge is 0.375 e. The summed E-state index contributed by atoms with van der Waals surface area (Å²) in [5.41, 5.74) is 0. The highest BCUT2D eigenvalue weighted by Gasteiger charge is 2.27. The molecule has 1 unspecified atom stereocenters. The molecule has 1 fully saturated rings. The van der Waals surface area contributed by atoms with Crippen molar-refractivity contribution in [1.29, 1.82) is 0 Å². The van der Waals surface area contributed by atoms with E-state index in [1.54, 1.807) is 0 Å². The van der Waals surface area contributed by atoms with Crippen LogP contribution in [0.1, 0.15) is 27.2 Å². The van der Waals surface area contributed by atoms with Crippen LogP contribution in [-0.2, 0) is 9.53 Å². The van der Waals surface area contributed by atoms with Crippen LogP contribution in [0.3, 0.4) is 0 Å². The highest BCUT2D eigenvalue weighted by Crippen LogP contribution is 2.04. The van der Waals surface area contributed by atoms with Crippen LogP contribution < -0.4 is 10.6 Å². The lowest BCUT2D eigenvalue weighted by Crippen LogP contribution is -2.56. The zero-order chi connectivity index (χ0) is 13.5. The summed E-state index contributed by atoms with van der Waals surface area (Å²) in [6.45, 7) is 9.29. The van der Waals surface area contributed by atoms with Gasteiger partial charge in [-0.1, -0.05) is 6.92 Å². The number of hydrogen-bond donors (Lipinski definition) is 2. The minimum absolute atomic E-state index is 0.0414. The monoisotopic (exact) mass is 257 g/mol. The van der Waals surface area contributed by atoms with Crippen LogP contribution in [0.5, 0.6) is 0 Å². The Morgan fingerprint density at radius 3 is 2.94 bits per heavy atom. The second-order valence-electron chi connectivity index (χ2n) is 5.04. The van der Waals surface area contributed by atoms with Crippen molar-refractivity contribution < 1.29 is 9.53 Å². The zero-order valence-electron chi connectivity index (χ0n) is 12.0. The van der Waals surface area contributed by atoms with Crippen molar-refractivity contribution in [3.8, 4) is 0 Å². The molecule has 0 aromatic rings. The van der Waals surface area contributed by atoms with E-state index in [4.69, 9.17) is 4.74 Å². The van der Waals surface area contributed by atoms with Gasteiger partial charge in [0.25, 0.3) is 0 Å². The Morgan fingerprint density at radius 1 is 1.61 bits per heavy atom. The van der Waals surface area contributed by atoms with Crippen molar-refractivity contribution in [1.82, 2.24) is 15.5 Å². The maximum Gasteiger partial charge on any atom is 0.239 e. The Bertz CT molecular complexity index is 261. The maximum atomic E-state index is 12.0. The molecule has 5 nitrogen and oxygen atoms in total. The predicted octanol–water partition coefficient (Wildman–Crippen LogP) is 0.210. The van der Waals surface area contributed by atoms with Gasteiger partial charge in [-0.15, -0.1) is 0 Å². The third-order valence-corrected chi connectivity index (χ3v) is 3.71. The van der Waals surface area contributed by atoms with E-state index in [9.17, 15) is 4.79 Å². The third-order valence-electron chi connectivity index (χ3n) is 3.71. The average Bonchev–Trinajstić information content (AvgIpc) is 2.37. The molecule has 1 saturated heterocycles. The Hall–Kier alpha value is -0.650. The van der Waals surface area contributed by atoms with E-state index >= 15 is 0 Å². The molecule has 3 atom stereocenters. The van der Waals surface area contributed by atoms with Crippen molar-refractivity contribution in [2.24, 2.45) is 0 Å². The van der Waals surface area contributed by atoms with Crippen molar-refractivity contribution in [2.45, 2.75) is 45.4 Å². The summed E-state index contributed by atoms with van der Waals surface area (Å²) in [6, 6.07) is 0.338. The molecular formula is C13H27N3O2. The van der Waals surface area contributed by atoms with Crippen LogP contribution in [0.15, 0.2) is 0 Å². The molecule has 1 heterocycles. The van der Waals surface area contributed by atoms with Crippen LogP contribution >= 0.6 is 0 Å². The molecule has 18 heavy (non-hydrogen) atoms. The highest BCUT2D eigenvalue weighted by atomic mass is 16.5. The quantitative estimate of drug-likeness (QED) is 0.714. The van der Waals surface area contributed by atoms with E-state index in [1.807, 2.05) is 6.92 Å². The number of ether oxygens (including phenoxy) is 1. The second kappa shape index (κ2) is 7.71. The summed E-state index contributed by atoms with van der Waals surface area (Å²) >= 11 is 0. The van der Waals surface area contributed by atoms with Crippen LogP contribution in [0, 0.1) is 0 Å². The number of nitrogens with zero attached hydrogens (tertiary/aromatic N) is 1. The van der Waals surface area contributed by atoms with Crippen molar-refractivity contribution in [2.75, 3.05) is 33.3 Å². The summed E-state index contributed by atoms with van der Waals surface area (Å²) in [6.07, 6.45) is 1.07. The number of hydrogen-bond acceptors (Lipinski definition) is 4. The normalized spacial score (nSPS) is 26.1. The number of rotatable bonds is 6. The molecule has 0 aromatic heterocycles. The molecule has 0 radical (unpaired) electrons. The molecule has 1 amide bonds. The molecule has 0 saturated carbocycles. The van der Waals surface area contributed by atoms with Gasteiger partial charge >= 0.3 is 0 Å². The van der Waals surface area contributed by atoms with Crippen LogP contribution in [0.4, 0.5) is 0 Å². The first-order valence-corrected chi connectivity index (χ1v) is 6.89. The Kier molecular flexibility index (Phi) is 6.60. The number of amides is 1. The van der Waals surface area contributed by atoms with Gasteiger partial charge in [0.1, 0.15) is 6.04 Å². The molecule has 1 aliphatic rings. The van der Waals surface area contributed by atoms with E-state index in [-0.39, 0.29) is 18.1 Å². The van der Waals surface area contributed by atoms with Crippen LogP contribution in [-0.4, -0.2) is 62.3 Å². The van der Waals surface area contributed by atoms with E-state index in [1.165, 1.54) is 0 Å². The van der Waals surface area contributed by atoms with Gasteiger partial charge in [-0.05, 0) is 27.3 Å². The number of nitrogens with one attached hydrogen (secondary N) is 2. The van der Waals surface area contributed by atoms with Gasteiger partial charge < -0.3 is 20.3 Å². The minimum atomic E-state index is -0.215. The van der Waals surface area contributed by atoms with E-state index in [0.29, 0.717) is 19.2 Å². The van der Waals surface area contributed by atoms with E-state index < -0.39 is 0 Å². The number of carbonyl (C=O) groups is 1. The molecule has 106 valence electrons. The Labute approximate surface area is 110 Å². The Morgan fingerprint density at radius 2 is 2.33 bits per heavy atom. The van der Waals surface area contributed by atoms with Gasteiger partial charge in [-0.2, -0.15) is 0 Å². The first-order chi connectivity index (χ1) is 8.56. The molecule has 1 aliphatic heterocycles. The molecule has 0 aliphatic carbocycles. The first kappa shape index (κ1) is 15.4. The van der Waals surface area contributed by atoms with Crippen molar-refractivity contribution in [3.05, 3.63) is 0 Å². The summed E-state index contributed by atoms with van der Waals surface area (Å²) in [7, 11) is 2.09. The highest BCUT2D eigenvalue weighted by molar-refractivity contribution is 5.82. The molecule has 0 bridgehead atoms. The van der Waals surface area contributed by atoms with Gasteiger partial charge in [0.05, 0.1) is 12.7 Å². The van der Waals surface area contributed by atoms with Gasteiger partial charge in [0, 0.05) is 25.7 Å². The maximum absolute atomic E-state index is 12.0. The summed E-state index contributed by atoms with van der Waals surface area (Å²) in [5.74, 6) is 0.0414. The second-order valence-corrected chi connectivity index (χ2v) is 5.04. The van der Waals surface area contributed by atoms with Gasteiger partial charge in [0.15, 0.2) is 0 Å². The molecule has 5 heteroatoms. The smallest absolute Gasteiger partial charge is 0.239 e. The standard InChI is InChI=1S/C13H27N3O2/c1-5-10(2)16(4)8-6-15-13(17)12-11(3)18-9-7-14-12/h10-12,14H,5-9H2,1-4H3,(H,15,17)/t10?,11-,12+/m1/s1. The van der Waals surface area contributed by atoms with Gasteiger partial charge in [0.2, 0.25) is 5.91 Å². The molecular weight excluding hydrogens is 230 g/mol. The molecule has 2 N–H and O–H groups in total. The lowest BCUT2D eigenvalue weighted by Gasteiger charge is -2.30. The third kappa shape index (κ3) is 4.55. The molecule has 0 aromatic carbocycles. The number of morpholine rings is 1. The predicted molar refractivity (Wildman–Crippen MR) is 72.6 cm³/mol. The Balaban J connectivity index is 2.24. The lowest BCUT2D eigenvalue weighted by atomic mass is 10.1. The van der Waals surface area contributed by atoms with Crippen molar-refractivity contribution in [3.63, 3.8) is 0 Å². The van der Waals surface area contributed by atoms with E-state index in [0.717, 1.165) is 19.5 Å². The summed E-state index contributed by atoms with van der Waals surface area (Å²) in [5, 5.41) is 6.16. The van der Waals surface area contributed by atoms with Gasteiger partial charge in [-0.25, -0.2) is 0 Å². The van der Waals surface area contributed by atoms with E-state index in [2.05, 4.69) is 36.4 Å². The number of carbonyl (C=O) groups excluding carboxylic acids is 1. The lowest BCUT2D eigenvalue weighted by molar-refractivity contribution is -0.128. The fourth-order valence-corrected chi connectivity index (χ4v) is 2.02. The average molecular weight is 257 g/mol. The SMILES string of the molecule is CCC(C)N(C)CCNC(=O)[C@H]1NCCO[C@@H]1C.